The van der Waals surface area contributed by atoms with Gasteiger partial charge < -0.3 is 10.2 Å². The third kappa shape index (κ3) is 3.32. The van der Waals surface area contributed by atoms with Crippen LogP contribution < -0.4 is 5.32 Å². The van der Waals surface area contributed by atoms with Crippen molar-refractivity contribution in [3.63, 3.8) is 0 Å². The normalized spacial score (nSPS) is 19.2. The van der Waals surface area contributed by atoms with E-state index in [-0.39, 0.29) is 11.8 Å². The van der Waals surface area contributed by atoms with Crippen LogP contribution in [-0.2, 0) is 4.79 Å². The van der Waals surface area contributed by atoms with Gasteiger partial charge in [0.1, 0.15) is 0 Å². The van der Waals surface area contributed by atoms with E-state index in [1.165, 1.54) is 5.56 Å². The maximum absolute atomic E-state index is 12.9. The van der Waals surface area contributed by atoms with E-state index in [0.29, 0.717) is 22.3 Å². The molecule has 0 bridgehead atoms. The van der Waals surface area contributed by atoms with Crippen molar-refractivity contribution in [1.82, 2.24) is 10.2 Å². The number of aryl methyl sites for hydroxylation is 1. The lowest BCUT2D eigenvalue weighted by molar-refractivity contribution is -0.113. The van der Waals surface area contributed by atoms with Crippen LogP contribution in [0.2, 0.25) is 0 Å². The Kier molecular flexibility index (Phi) is 4.74. The van der Waals surface area contributed by atoms with Crippen LogP contribution >= 0.6 is 12.2 Å². The first kappa shape index (κ1) is 18.4. The van der Waals surface area contributed by atoms with E-state index in [2.05, 4.69) is 40.6 Å². The number of nitriles is 1. The summed E-state index contributed by atoms with van der Waals surface area (Å²) in [4.78, 5) is 15.0. The number of benzene rings is 2. The molecule has 1 aliphatic carbocycles. The zero-order valence-electron chi connectivity index (χ0n) is 15.9. The third-order valence-corrected chi connectivity index (χ3v) is 5.55. The molecule has 0 radical (unpaired) electrons. The smallest absolute Gasteiger partial charge is 0.174 e. The Balaban J connectivity index is 1.94. The van der Waals surface area contributed by atoms with Gasteiger partial charge in [0.25, 0.3) is 0 Å². The lowest BCUT2D eigenvalue weighted by Crippen LogP contribution is -2.48. The highest BCUT2D eigenvalue weighted by Crippen LogP contribution is 2.42. The van der Waals surface area contributed by atoms with Gasteiger partial charge >= 0.3 is 0 Å². The summed E-state index contributed by atoms with van der Waals surface area (Å²) in [6.07, 6.45) is 2.13. The standard InChI is InChI=1S/C23H21N3OS/c1-14-6-8-17(9-7-14)22-20(15(2)27)21(18-5-3-4-16(12-18)13-24)25-23(28)26(22)19-10-11-19/h3-9,12,19,21H,10-11H2,1-2H3,(H,25,28). The maximum atomic E-state index is 12.9. The summed E-state index contributed by atoms with van der Waals surface area (Å²) >= 11 is 5.73. The SMILES string of the molecule is CC(=O)C1=C(c2ccc(C)cc2)N(C2CC2)C(=S)NC1c1cccc(C#N)c1. The van der Waals surface area contributed by atoms with E-state index in [1.807, 2.05) is 25.1 Å². The molecule has 2 aromatic rings. The highest BCUT2D eigenvalue weighted by molar-refractivity contribution is 7.80. The quantitative estimate of drug-likeness (QED) is 0.795. The van der Waals surface area contributed by atoms with Crippen LogP contribution in [0, 0.1) is 18.3 Å². The van der Waals surface area contributed by atoms with Gasteiger partial charge in [-0.2, -0.15) is 5.26 Å². The average molecular weight is 388 g/mol. The summed E-state index contributed by atoms with van der Waals surface area (Å²) in [7, 11) is 0. The number of carbonyl (C=O) groups excluding carboxylic acids is 1. The van der Waals surface area contributed by atoms with Gasteiger partial charge in [-0.25, -0.2) is 0 Å². The van der Waals surface area contributed by atoms with Crippen LogP contribution in [0.4, 0.5) is 0 Å². The van der Waals surface area contributed by atoms with Crippen molar-refractivity contribution in [2.75, 3.05) is 0 Å². The number of carbonyl (C=O) groups is 1. The first-order chi connectivity index (χ1) is 13.5. The molecular formula is C23H21N3OS. The molecule has 28 heavy (non-hydrogen) atoms. The highest BCUT2D eigenvalue weighted by Gasteiger charge is 2.41. The number of ketones is 1. The topological polar surface area (TPSA) is 56.1 Å². The Morgan fingerprint density at radius 2 is 1.93 bits per heavy atom. The maximum Gasteiger partial charge on any atom is 0.174 e. The summed E-state index contributed by atoms with van der Waals surface area (Å²) in [5, 5.41) is 13.3. The van der Waals surface area contributed by atoms with Gasteiger partial charge in [0, 0.05) is 11.6 Å². The fraction of sp³-hybridized carbons (Fsp3) is 0.261. The highest BCUT2D eigenvalue weighted by atomic mass is 32.1. The fourth-order valence-corrected chi connectivity index (χ4v) is 4.09. The largest absolute Gasteiger partial charge is 0.351 e. The van der Waals surface area contributed by atoms with E-state index in [4.69, 9.17) is 12.2 Å². The monoisotopic (exact) mass is 387 g/mol. The molecule has 1 saturated carbocycles. The Morgan fingerprint density at radius 1 is 1.21 bits per heavy atom. The second kappa shape index (κ2) is 7.21. The molecule has 2 aliphatic rings. The number of rotatable bonds is 4. The molecule has 1 unspecified atom stereocenters. The summed E-state index contributed by atoms with van der Waals surface area (Å²) in [5.41, 5.74) is 5.18. The first-order valence-electron chi connectivity index (χ1n) is 9.41. The number of nitrogens with one attached hydrogen (secondary N) is 1. The summed E-state index contributed by atoms with van der Waals surface area (Å²) in [6, 6.07) is 17.7. The summed E-state index contributed by atoms with van der Waals surface area (Å²) in [5.74, 6) is 0.00332. The van der Waals surface area contributed by atoms with E-state index in [0.717, 1.165) is 29.7 Å². The molecule has 1 aliphatic heterocycles. The van der Waals surface area contributed by atoms with Crippen molar-refractivity contribution in [3.8, 4) is 6.07 Å². The Morgan fingerprint density at radius 3 is 2.54 bits per heavy atom. The molecule has 1 heterocycles. The van der Waals surface area contributed by atoms with E-state index < -0.39 is 0 Å². The minimum absolute atomic E-state index is 0.00332. The van der Waals surface area contributed by atoms with Crippen LogP contribution in [0.25, 0.3) is 5.70 Å². The van der Waals surface area contributed by atoms with Gasteiger partial charge in [0.2, 0.25) is 0 Å². The molecule has 0 spiro atoms. The Bertz CT molecular complexity index is 1030. The van der Waals surface area contributed by atoms with Crippen molar-refractivity contribution in [2.45, 2.75) is 38.8 Å². The van der Waals surface area contributed by atoms with Gasteiger partial charge in [-0.05, 0) is 62.2 Å². The number of hydrogen-bond donors (Lipinski definition) is 1. The van der Waals surface area contributed by atoms with E-state index in [9.17, 15) is 10.1 Å². The van der Waals surface area contributed by atoms with Crippen molar-refractivity contribution >= 4 is 28.8 Å². The minimum Gasteiger partial charge on any atom is -0.351 e. The van der Waals surface area contributed by atoms with Crippen LogP contribution in [0.1, 0.15) is 48.1 Å². The van der Waals surface area contributed by atoms with Gasteiger partial charge in [0.15, 0.2) is 10.9 Å². The summed E-state index contributed by atoms with van der Waals surface area (Å²) < 4.78 is 0. The second-order valence-electron chi connectivity index (χ2n) is 7.41. The molecule has 1 atom stereocenters. The molecule has 4 nitrogen and oxygen atoms in total. The molecule has 2 aromatic carbocycles. The number of thiocarbonyl (C=S) groups is 1. The number of nitrogens with zero attached hydrogens (tertiary/aromatic N) is 2. The third-order valence-electron chi connectivity index (χ3n) is 5.24. The molecule has 0 amide bonds. The predicted octanol–water partition coefficient (Wildman–Crippen LogP) is 4.26. The molecule has 140 valence electrons. The molecule has 1 N–H and O–H groups in total. The van der Waals surface area contributed by atoms with Gasteiger partial charge in [-0.3, -0.25) is 4.79 Å². The zero-order valence-corrected chi connectivity index (χ0v) is 16.7. The van der Waals surface area contributed by atoms with Crippen molar-refractivity contribution in [1.29, 1.82) is 5.26 Å². The van der Waals surface area contributed by atoms with Crippen molar-refractivity contribution < 1.29 is 4.79 Å². The van der Waals surface area contributed by atoms with Crippen molar-refractivity contribution in [3.05, 3.63) is 76.4 Å². The van der Waals surface area contributed by atoms with Crippen molar-refractivity contribution in [2.24, 2.45) is 0 Å². The molecular weight excluding hydrogens is 366 g/mol. The van der Waals surface area contributed by atoms with Crippen LogP contribution in [0.5, 0.6) is 0 Å². The zero-order chi connectivity index (χ0) is 19.8. The molecule has 4 rings (SSSR count). The predicted molar refractivity (Wildman–Crippen MR) is 113 cm³/mol. The van der Waals surface area contributed by atoms with Crippen LogP contribution in [-0.4, -0.2) is 21.8 Å². The average Bonchev–Trinajstić information content (AvgIpc) is 3.52. The molecule has 5 heteroatoms. The number of hydrogen-bond acceptors (Lipinski definition) is 3. The Hall–Kier alpha value is -2.97. The fourth-order valence-electron chi connectivity index (χ4n) is 3.73. The molecule has 0 aromatic heterocycles. The van der Waals surface area contributed by atoms with Crippen LogP contribution in [0.3, 0.4) is 0 Å². The minimum atomic E-state index is -0.371. The van der Waals surface area contributed by atoms with Crippen LogP contribution in [0.15, 0.2) is 54.1 Å². The van der Waals surface area contributed by atoms with E-state index in [1.54, 1.807) is 13.0 Å². The summed E-state index contributed by atoms with van der Waals surface area (Å²) in [6.45, 7) is 3.65. The lowest BCUT2D eigenvalue weighted by Gasteiger charge is -2.39. The van der Waals surface area contributed by atoms with E-state index >= 15 is 0 Å². The second-order valence-corrected chi connectivity index (χ2v) is 7.79. The Labute approximate surface area is 170 Å². The van der Waals surface area contributed by atoms with Gasteiger partial charge in [0.05, 0.1) is 23.4 Å². The number of Topliss-reactive ketones (excluding diaryl/α,β-unsaturated/α-hetero) is 1. The molecule has 0 saturated heterocycles. The van der Waals surface area contributed by atoms with Gasteiger partial charge in [-0.1, -0.05) is 42.0 Å². The van der Waals surface area contributed by atoms with Gasteiger partial charge in [-0.15, -0.1) is 0 Å². The molecule has 1 fully saturated rings. The first-order valence-corrected chi connectivity index (χ1v) is 9.82. The lowest BCUT2D eigenvalue weighted by atomic mass is 9.89.